The zero-order valence-electron chi connectivity index (χ0n) is 6.63. The fraction of sp³-hybridized carbons (Fsp3) is 0.625. The van der Waals surface area contributed by atoms with Crippen LogP contribution in [-0.2, 0) is 6.42 Å². The summed E-state index contributed by atoms with van der Waals surface area (Å²) < 4.78 is 0. The van der Waals surface area contributed by atoms with Gasteiger partial charge in [0.25, 0.3) is 0 Å². The molecule has 2 nitrogen and oxygen atoms in total. The summed E-state index contributed by atoms with van der Waals surface area (Å²) in [7, 11) is 0. The van der Waals surface area contributed by atoms with Crippen molar-refractivity contribution in [1.29, 1.82) is 0 Å². The highest BCUT2D eigenvalue weighted by Gasteiger charge is 2.22. The van der Waals surface area contributed by atoms with E-state index < -0.39 is 0 Å². The number of aryl methyl sites for hydroxylation is 1. The highest BCUT2D eigenvalue weighted by atomic mass is 32.1. The maximum absolute atomic E-state index is 4.27. The van der Waals surface area contributed by atoms with Gasteiger partial charge < -0.3 is 5.32 Å². The lowest BCUT2D eigenvalue weighted by molar-refractivity contribution is 1.05. The predicted octanol–water partition coefficient (Wildman–Crippen LogP) is 2.28. The van der Waals surface area contributed by atoms with Crippen LogP contribution in [0, 0.1) is 0 Å². The molecule has 0 aromatic carbocycles. The summed E-state index contributed by atoms with van der Waals surface area (Å²) in [6.45, 7) is 2.15. The molecule has 3 heteroatoms. The number of hydrogen-bond donors (Lipinski definition) is 1. The van der Waals surface area contributed by atoms with E-state index in [-0.39, 0.29) is 0 Å². The molecule has 1 aliphatic rings. The molecule has 0 atom stereocenters. The van der Waals surface area contributed by atoms with E-state index in [4.69, 9.17) is 0 Å². The van der Waals surface area contributed by atoms with Crippen LogP contribution in [-0.4, -0.2) is 11.0 Å². The van der Waals surface area contributed by atoms with Crippen molar-refractivity contribution in [2.24, 2.45) is 0 Å². The largest absolute Gasteiger partial charge is 0.373 e. The van der Waals surface area contributed by atoms with Gasteiger partial charge in [-0.05, 0) is 19.3 Å². The Morgan fingerprint density at radius 1 is 1.73 bits per heavy atom. The maximum atomic E-state index is 4.27. The van der Waals surface area contributed by atoms with Crippen molar-refractivity contribution in [3.05, 3.63) is 11.2 Å². The van der Waals surface area contributed by atoms with E-state index in [1.165, 1.54) is 23.5 Å². The van der Waals surface area contributed by atoms with Gasteiger partial charge in [0.2, 0.25) is 0 Å². The Balaban J connectivity index is 2.07. The molecular formula is C8H12N2S. The first-order chi connectivity index (χ1) is 5.40. The molecule has 0 aliphatic heterocycles. The van der Waals surface area contributed by atoms with Gasteiger partial charge in [-0.2, -0.15) is 0 Å². The smallest absolute Gasteiger partial charge is 0.112 e. The molecule has 1 fully saturated rings. The van der Waals surface area contributed by atoms with Gasteiger partial charge in [0.15, 0.2) is 0 Å². The second kappa shape index (κ2) is 2.81. The Morgan fingerprint density at radius 3 is 3.18 bits per heavy atom. The zero-order chi connectivity index (χ0) is 7.68. The van der Waals surface area contributed by atoms with Gasteiger partial charge in [-0.25, -0.2) is 4.98 Å². The normalized spacial score (nSPS) is 16.8. The first kappa shape index (κ1) is 7.10. The van der Waals surface area contributed by atoms with Gasteiger partial charge in [-0.15, -0.1) is 11.3 Å². The number of nitrogens with one attached hydrogen (secondary N) is 1. The minimum absolute atomic E-state index is 0.751. The number of hydrogen-bond acceptors (Lipinski definition) is 3. The Bertz CT molecular complexity index is 240. The van der Waals surface area contributed by atoms with Crippen molar-refractivity contribution < 1.29 is 0 Å². The summed E-state index contributed by atoms with van der Waals surface area (Å²) in [6, 6.07) is 0.751. The standard InChI is InChI=1S/C8H12N2S/c1-2-7-8(11-5-9-7)10-6-3-4-6/h5-6,10H,2-4H2,1H3. The zero-order valence-corrected chi connectivity index (χ0v) is 7.45. The van der Waals surface area contributed by atoms with Gasteiger partial charge >= 0.3 is 0 Å². The van der Waals surface area contributed by atoms with Crippen LogP contribution < -0.4 is 5.32 Å². The molecule has 1 N–H and O–H groups in total. The summed E-state index contributed by atoms with van der Waals surface area (Å²) in [5.74, 6) is 0. The highest BCUT2D eigenvalue weighted by molar-refractivity contribution is 7.14. The molecular weight excluding hydrogens is 156 g/mol. The van der Waals surface area contributed by atoms with Crippen LogP contribution in [0.4, 0.5) is 5.00 Å². The van der Waals surface area contributed by atoms with Crippen LogP contribution >= 0.6 is 11.3 Å². The van der Waals surface area contributed by atoms with Crippen LogP contribution in [0.5, 0.6) is 0 Å². The first-order valence-electron chi connectivity index (χ1n) is 4.09. The molecule has 0 amide bonds. The molecule has 1 aromatic heterocycles. The molecule has 1 heterocycles. The number of anilines is 1. The van der Waals surface area contributed by atoms with Gasteiger partial charge in [0.05, 0.1) is 11.2 Å². The Kier molecular flexibility index (Phi) is 1.82. The molecule has 2 rings (SSSR count). The predicted molar refractivity (Wildman–Crippen MR) is 48.1 cm³/mol. The Labute approximate surface area is 70.7 Å². The second-order valence-electron chi connectivity index (χ2n) is 2.90. The summed E-state index contributed by atoms with van der Waals surface area (Å²) in [6.07, 6.45) is 3.71. The third-order valence-electron chi connectivity index (χ3n) is 1.89. The number of rotatable bonds is 3. The second-order valence-corrected chi connectivity index (χ2v) is 3.76. The van der Waals surface area contributed by atoms with Crippen LogP contribution in [0.25, 0.3) is 0 Å². The van der Waals surface area contributed by atoms with Crippen molar-refractivity contribution in [2.45, 2.75) is 32.2 Å². The van der Waals surface area contributed by atoms with Crippen LogP contribution in [0.2, 0.25) is 0 Å². The van der Waals surface area contributed by atoms with Gasteiger partial charge in [-0.1, -0.05) is 6.92 Å². The van der Waals surface area contributed by atoms with E-state index in [0.717, 1.165) is 12.5 Å². The minimum atomic E-state index is 0.751. The lowest BCUT2D eigenvalue weighted by Gasteiger charge is -2.00. The molecule has 60 valence electrons. The van der Waals surface area contributed by atoms with E-state index >= 15 is 0 Å². The molecule has 1 aliphatic carbocycles. The third kappa shape index (κ3) is 1.53. The van der Waals surface area contributed by atoms with Crippen LogP contribution in [0.3, 0.4) is 0 Å². The van der Waals surface area contributed by atoms with E-state index in [1.54, 1.807) is 11.3 Å². The molecule has 0 spiro atoms. The summed E-state index contributed by atoms with van der Waals surface area (Å²) in [5.41, 5.74) is 3.14. The Morgan fingerprint density at radius 2 is 2.55 bits per heavy atom. The number of thiazole rings is 1. The van der Waals surface area contributed by atoms with E-state index in [1.807, 2.05) is 5.51 Å². The molecule has 1 saturated carbocycles. The first-order valence-corrected chi connectivity index (χ1v) is 4.97. The monoisotopic (exact) mass is 168 g/mol. The quantitative estimate of drug-likeness (QED) is 0.749. The summed E-state index contributed by atoms with van der Waals surface area (Å²) >= 11 is 1.72. The Hall–Kier alpha value is -0.570. The summed E-state index contributed by atoms with van der Waals surface area (Å²) in [4.78, 5) is 4.27. The van der Waals surface area contributed by atoms with Crippen molar-refractivity contribution in [3.8, 4) is 0 Å². The van der Waals surface area contributed by atoms with Crippen LogP contribution in [0.15, 0.2) is 5.51 Å². The third-order valence-corrected chi connectivity index (χ3v) is 2.69. The fourth-order valence-corrected chi connectivity index (χ4v) is 1.90. The molecule has 0 radical (unpaired) electrons. The van der Waals surface area contributed by atoms with E-state index in [0.29, 0.717) is 0 Å². The van der Waals surface area contributed by atoms with Crippen LogP contribution in [0.1, 0.15) is 25.5 Å². The van der Waals surface area contributed by atoms with Crippen molar-refractivity contribution in [3.63, 3.8) is 0 Å². The molecule has 1 aromatic rings. The lowest BCUT2D eigenvalue weighted by Crippen LogP contribution is -2.00. The van der Waals surface area contributed by atoms with E-state index in [9.17, 15) is 0 Å². The van der Waals surface area contributed by atoms with Crippen molar-refractivity contribution >= 4 is 16.3 Å². The maximum Gasteiger partial charge on any atom is 0.112 e. The molecule has 0 bridgehead atoms. The average Bonchev–Trinajstić information content (AvgIpc) is 2.68. The van der Waals surface area contributed by atoms with E-state index in [2.05, 4.69) is 17.2 Å². The lowest BCUT2D eigenvalue weighted by atomic mass is 10.3. The molecule has 0 saturated heterocycles. The average molecular weight is 168 g/mol. The minimum Gasteiger partial charge on any atom is -0.373 e. The van der Waals surface area contributed by atoms with Crippen molar-refractivity contribution in [1.82, 2.24) is 4.98 Å². The van der Waals surface area contributed by atoms with Crippen molar-refractivity contribution in [2.75, 3.05) is 5.32 Å². The van der Waals surface area contributed by atoms with Gasteiger partial charge in [0.1, 0.15) is 5.00 Å². The fourth-order valence-electron chi connectivity index (χ4n) is 1.05. The van der Waals surface area contributed by atoms with Gasteiger partial charge in [0, 0.05) is 6.04 Å². The summed E-state index contributed by atoms with van der Waals surface area (Å²) in [5, 5.41) is 4.76. The highest BCUT2D eigenvalue weighted by Crippen LogP contribution is 2.29. The number of aromatic nitrogens is 1. The SMILES string of the molecule is CCc1ncsc1NC1CC1. The van der Waals surface area contributed by atoms with Gasteiger partial charge in [-0.3, -0.25) is 0 Å². The molecule has 0 unspecified atom stereocenters. The molecule has 11 heavy (non-hydrogen) atoms. The number of nitrogens with zero attached hydrogens (tertiary/aromatic N) is 1. The topological polar surface area (TPSA) is 24.9 Å².